The quantitative estimate of drug-likeness (QED) is 0.830. The van der Waals surface area contributed by atoms with Gasteiger partial charge in [-0.3, -0.25) is 4.79 Å². The summed E-state index contributed by atoms with van der Waals surface area (Å²) in [7, 11) is 1.53. The van der Waals surface area contributed by atoms with Crippen LogP contribution in [0.15, 0.2) is 41.4 Å². The van der Waals surface area contributed by atoms with Gasteiger partial charge in [-0.05, 0) is 24.3 Å². The number of carbonyl (C=O) groups is 1. The van der Waals surface area contributed by atoms with Crippen LogP contribution in [0, 0.1) is 0 Å². The first-order valence-corrected chi connectivity index (χ1v) is 7.70. The zero-order valence-corrected chi connectivity index (χ0v) is 13.4. The fraction of sp³-hybridized carbons (Fsp3) is 0.143. The second kappa shape index (κ2) is 7.54. The monoisotopic (exact) mass is 342 g/mol. The Morgan fingerprint density at radius 3 is 2.81 bits per heavy atom. The number of halogens is 2. The Morgan fingerprint density at radius 2 is 2.14 bits per heavy atom. The molecule has 0 bridgehead atoms. The molecule has 0 aliphatic rings. The van der Waals surface area contributed by atoms with E-state index in [1.54, 1.807) is 30.3 Å². The van der Waals surface area contributed by atoms with E-state index in [1.807, 2.05) is 0 Å². The minimum Gasteiger partial charge on any atom is -0.481 e. The number of nitrogens with zero attached hydrogens (tertiary/aromatic N) is 1. The second-order valence-corrected chi connectivity index (χ2v) is 5.86. The number of thioether (sulfide) groups is 1. The zero-order chi connectivity index (χ0) is 15.2. The van der Waals surface area contributed by atoms with Crippen LogP contribution in [0.25, 0.3) is 0 Å². The lowest BCUT2D eigenvalue weighted by Crippen LogP contribution is -2.14. The number of aromatic nitrogens is 1. The van der Waals surface area contributed by atoms with Gasteiger partial charge >= 0.3 is 0 Å². The maximum absolute atomic E-state index is 11.9. The van der Waals surface area contributed by atoms with E-state index in [4.69, 9.17) is 27.9 Å². The molecule has 1 amide bonds. The minimum atomic E-state index is -0.150. The maximum Gasteiger partial charge on any atom is 0.234 e. The third kappa shape index (κ3) is 4.81. The number of methoxy groups -OCH3 is 1. The van der Waals surface area contributed by atoms with Crippen molar-refractivity contribution >= 4 is 46.6 Å². The Balaban J connectivity index is 1.91. The van der Waals surface area contributed by atoms with Crippen LogP contribution >= 0.6 is 35.0 Å². The normalized spacial score (nSPS) is 10.2. The van der Waals surface area contributed by atoms with Crippen molar-refractivity contribution in [2.24, 2.45) is 0 Å². The number of benzene rings is 1. The van der Waals surface area contributed by atoms with Crippen LogP contribution < -0.4 is 10.1 Å². The molecule has 110 valence electrons. The molecule has 2 rings (SSSR count). The van der Waals surface area contributed by atoms with Crippen molar-refractivity contribution in [3.8, 4) is 5.88 Å². The fourth-order valence-corrected chi connectivity index (χ4v) is 2.80. The molecule has 21 heavy (non-hydrogen) atoms. The number of nitrogens with one attached hydrogen (secondary N) is 1. The summed E-state index contributed by atoms with van der Waals surface area (Å²) >= 11 is 13.3. The summed E-state index contributed by atoms with van der Waals surface area (Å²) in [4.78, 5) is 16.7. The number of anilines is 1. The van der Waals surface area contributed by atoms with Gasteiger partial charge in [0.25, 0.3) is 0 Å². The first kappa shape index (κ1) is 15.9. The van der Waals surface area contributed by atoms with Gasteiger partial charge in [0.1, 0.15) is 0 Å². The van der Waals surface area contributed by atoms with Crippen molar-refractivity contribution in [2.45, 2.75) is 4.90 Å². The summed E-state index contributed by atoms with van der Waals surface area (Å²) in [5.74, 6) is 0.572. The average molecular weight is 343 g/mol. The van der Waals surface area contributed by atoms with Crippen LogP contribution in [-0.4, -0.2) is 23.8 Å². The molecule has 0 unspecified atom stereocenters. The molecule has 0 radical (unpaired) electrons. The van der Waals surface area contributed by atoms with E-state index in [2.05, 4.69) is 10.3 Å². The molecule has 0 aliphatic heterocycles. The predicted molar refractivity (Wildman–Crippen MR) is 86.6 cm³/mol. The summed E-state index contributed by atoms with van der Waals surface area (Å²) in [6, 6.07) is 8.54. The highest BCUT2D eigenvalue weighted by Gasteiger charge is 2.07. The van der Waals surface area contributed by atoms with Crippen LogP contribution in [-0.2, 0) is 4.79 Å². The van der Waals surface area contributed by atoms with Crippen LogP contribution in [0.1, 0.15) is 0 Å². The molecule has 0 aliphatic carbocycles. The molecule has 7 heteroatoms. The highest BCUT2D eigenvalue weighted by Crippen LogP contribution is 2.29. The molecule has 0 atom stereocenters. The van der Waals surface area contributed by atoms with E-state index in [-0.39, 0.29) is 11.7 Å². The lowest BCUT2D eigenvalue weighted by Gasteiger charge is -2.07. The smallest absolute Gasteiger partial charge is 0.234 e. The Hall–Kier alpha value is -1.43. The molecular formula is C14H12Cl2N2O2S. The Bertz CT molecular complexity index is 635. The summed E-state index contributed by atoms with van der Waals surface area (Å²) in [6.45, 7) is 0. The van der Waals surface area contributed by atoms with Gasteiger partial charge in [-0.25, -0.2) is 4.98 Å². The predicted octanol–water partition coefficient (Wildman–Crippen LogP) is 4.13. The van der Waals surface area contributed by atoms with Gasteiger partial charge < -0.3 is 10.1 Å². The molecule has 2 aromatic rings. The average Bonchev–Trinajstić information content (AvgIpc) is 2.49. The Kier molecular flexibility index (Phi) is 5.73. The Labute approximate surface area is 136 Å². The standard InChI is InChI=1S/C14H12Cl2N2O2S/c1-20-14-5-3-10(7-17-14)18-13(19)8-21-12-6-9(15)2-4-11(12)16/h2-7H,8H2,1H3,(H,18,19). The van der Waals surface area contributed by atoms with Gasteiger partial charge in [0.2, 0.25) is 11.8 Å². The number of carbonyl (C=O) groups excluding carboxylic acids is 1. The third-order valence-corrected chi connectivity index (χ3v) is 4.21. The molecule has 0 saturated carbocycles. The van der Waals surface area contributed by atoms with Crippen LogP contribution in [0.4, 0.5) is 5.69 Å². The van der Waals surface area contributed by atoms with Gasteiger partial charge in [0.05, 0.1) is 29.8 Å². The van der Waals surface area contributed by atoms with E-state index < -0.39 is 0 Å². The molecule has 1 N–H and O–H groups in total. The SMILES string of the molecule is COc1ccc(NC(=O)CSc2cc(Cl)ccc2Cl)cn1. The lowest BCUT2D eigenvalue weighted by atomic mass is 10.4. The van der Waals surface area contributed by atoms with Crippen molar-refractivity contribution in [1.29, 1.82) is 0 Å². The lowest BCUT2D eigenvalue weighted by molar-refractivity contribution is -0.113. The summed E-state index contributed by atoms with van der Waals surface area (Å²) < 4.78 is 4.95. The van der Waals surface area contributed by atoms with Gasteiger partial charge in [-0.1, -0.05) is 23.2 Å². The number of hydrogen-bond acceptors (Lipinski definition) is 4. The second-order valence-electron chi connectivity index (χ2n) is 4.00. The van der Waals surface area contributed by atoms with Gasteiger partial charge in [-0.15, -0.1) is 11.8 Å². The third-order valence-electron chi connectivity index (χ3n) is 2.48. The molecule has 1 aromatic carbocycles. The molecule has 1 aromatic heterocycles. The molecular weight excluding hydrogens is 331 g/mol. The number of rotatable bonds is 5. The largest absolute Gasteiger partial charge is 0.481 e. The van der Waals surface area contributed by atoms with Crippen molar-refractivity contribution in [3.05, 3.63) is 46.6 Å². The summed E-state index contributed by atoms with van der Waals surface area (Å²) in [5.41, 5.74) is 0.610. The van der Waals surface area contributed by atoms with Gasteiger partial charge in [0.15, 0.2) is 0 Å². The maximum atomic E-state index is 11.9. The van der Waals surface area contributed by atoms with Crippen LogP contribution in [0.5, 0.6) is 5.88 Å². The van der Waals surface area contributed by atoms with Crippen molar-refractivity contribution in [1.82, 2.24) is 4.98 Å². The van der Waals surface area contributed by atoms with Gasteiger partial charge in [-0.2, -0.15) is 0 Å². The topological polar surface area (TPSA) is 51.2 Å². The first-order chi connectivity index (χ1) is 10.1. The number of amides is 1. The molecule has 0 saturated heterocycles. The highest BCUT2D eigenvalue weighted by atomic mass is 35.5. The van der Waals surface area contributed by atoms with E-state index in [1.165, 1.54) is 25.1 Å². The zero-order valence-electron chi connectivity index (χ0n) is 11.1. The first-order valence-electron chi connectivity index (χ1n) is 5.96. The van der Waals surface area contributed by atoms with Gasteiger partial charge in [0, 0.05) is 16.0 Å². The van der Waals surface area contributed by atoms with E-state index in [0.717, 1.165) is 4.90 Å². The molecule has 0 fully saturated rings. The summed E-state index contributed by atoms with van der Waals surface area (Å²) in [5, 5.41) is 3.90. The van der Waals surface area contributed by atoms with Crippen molar-refractivity contribution in [2.75, 3.05) is 18.2 Å². The van der Waals surface area contributed by atoms with Crippen molar-refractivity contribution in [3.63, 3.8) is 0 Å². The van der Waals surface area contributed by atoms with E-state index in [0.29, 0.717) is 21.6 Å². The van der Waals surface area contributed by atoms with Crippen LogP contribution in [0.2, 0.25) is 10.0 Å². The minimum absolute atomic E-state index is 0.150. The Morgan fingerprint density at radius 1 is 1.33 bits per heavy atom. The summed E-state index contributed by atoms with van der Waals surface area (Å²) in [6.07, 6.45) is 1.54. The number of ether oxygens (including phenoxy) is 1. The number of pyridine rings is 1. The molecule has 1 heterocycles. The fourth-order valence-electron chi connectivity index (χ4n) is 1.50. The number of hydrogen-bond donors (Lipinski definition) is 1. The highest BCUT2D eigenvalue weighted by molar-refractivity contribution is 8.00. The molecule has 0 spiro atoms. The van der Waals surface area contributed by atoms with E-state index in [9.17, 15) is 4.79 Å². The van der Waals surface area contributed by atoms with Crippen molar-refractivity contribution < 1.29 is 9.53 Å². The van der Waals surface area contributed by atoms with E-state index >= 15 is 0 Å². The molecule has 4 nitrogen and oxygen atoms in total. The van der Waals surface area contributed by atoms with Crippen LogP contribution in [0.3, 0.4) is 0 Å².